The maximum Gasteiger partial charge on any atom is 0.229 e. The maximum absolute atomic E-state index is 12.9. The molecular formula is C25H27N5O2. The van der Waals surface area contributed by atoms with Crippen LogP contribution < -0.4 is 4.90 Å². The van der Waals surface area contributed by atoms with Gasteiger partial charge in [-0.2, -0.15) is 0 Å². The molecule has 0 unspecified atom stereocenters. The van der Waals surface area contributed by atoms with Crippen LogP contribution in [0.15, 0.2) is 54.8 Å². The molecule has 7 nitrogen and oxygen atoms in total. The van der Waals surface area contributed by atoms with E-state index in [0.29, 0.717) is 24.4 Å². The lowest BCUT2D eigenvalue weighted by Gasteiger charge is -2.18. The van der Waals surface area contributed by atoms with E-state index >= 15 is 0 Å². The van der Waals surface area contributed by atoms with Gasteiger partial charge in [-0.25, -0.2) is 15.0 Å². The minimum Gasteiger partial charge on any atom is -0.396 e. The highest BCUT2D eigenvalue weighted by molar-refractivity contribution is 5.99. The third-order valence-electron chi connectivity index (χ3n) is 6.44. The van der Waals surface area contributed by atoms with Gasteiger partial charge in [-0.3, -0.25) is 4.79 Å². The Morgan fingerprint density at radius 1 is 1.22 bits per heavy atom. The molecular weight excluding hydrogens is 402 g/mol. The van der Waals surface area contributed by atoms with E-state index in [1.165, 1.54) is 5.56 Å². The standard InChI is InChI=1S/C25H27N5O2/c1-17(4-3-9-31)10-23(32)18-5-6-20-22(11-18)30(15-25(20)7-8-25)24-26-12-19(13-27-24)21-14-29(2)16-28-21/h4-6,11-14,16,31H,3,7-10,15H2,1-2H3/b17-4+. The number of hydrogen-bond acceptors (Lipinski definition) is 6. The van der Waals surface area contributed by atoms with Gasteiger partial charge >= 0.3 is 0 Å². The number of Topliss-reactive ketones (excluding diaryl/α,β-unsaturated/α-hetero) is 1. The number of aryl methyl sites for hydroxylation is 1. The van der Waals surface area contributed by atoms with Crippen molar-refractivity contribution in [2.24, 2.45) is 7.05 Å². The highest BCUT2D eigenvalue weighted by Gasteiger charge is 2.52. The van der Waals surface area contributed by atoms with Crippen LogP contribution >= 0.6 is 0 Å². The van der Waals surface area contributed by atoms with E-state index in [1.807, 2.05) is 55.3 Å². The number of ketones is 1. The molecule has 0 atom stereocenters. The Hall–Kier alpha value is -3.32. The first-order valence-electron chi connectivity index (χ1n) is 11.0. The third-order valence-corrected chi connectivity index (χ3v) is 6.44. The number of allylic oxidation sites excluding steroid dienone is 1. The molecule has 1 N–H and O–H groups in total. The average Bonchev–Trinajstić information content (AvgIpc) is 3.34. The Kier molecular flexibility index (Phi) is 5.13. The molecule has 3 heterocycles. The number of imidazole rings is 1. The molecule has 32 heavy (non-hydrogen) atoms. The number of carbonyl (C=O) groups excluding carboxylic acids is 1. The predicted octanol–water partition coefficient (Wildman–Crippen LogP) is 3.96. The van der Waals surface area contributed by atoms with Gasteiger partial charge in [0.05, 0.1) is 12.0 Å². The fourth-order valence-corrected chi connectivity index (χ4v) is 4.50. The van der Waals surface area contributed by atoms with Crippen LogP contribution in [0.25, 0.3) is 11.3 Å². The van der Waals surface area contributed by atoms with E-state index in [0.717, 1.165) is 41.9 Å². The zero-order chi connectivity index (χ0) is 22.3. The van der Waals surface area contributed by atoms with E-state index in [2.05, 4.69) is 25.9 Å². The number of nitrogens with zero attached hydrogens (tertiary/aromatic N) is 5. The summed E-state index contributed by atoms with van der Waals surface area (Å²) in [4.78, 5) is 28.7. The molecule has 1 saturated carbocycles. The average molecular weight is 430 g/mol. The first-order valence-corrected chi connectivity index (χ1v) is 11.0. The lowest BCUT2D eigenvalue weighted by Crippen LogP contribution is -2.21. The van der Waals surface area contributed by atoms with Crippen molar-refractivity contribution >= 4 is 17.4 Å². The van der Waals surface area contributed by atoms with Crippen molar-refractivity contribution in [3.63, 3.8) is 0 Å². The SMILES string of the molecule is C/C(=C\CCO)CC(=O)c1ccc2c(c1)N(c1ncc(-c3cn(C)cn3)cn1)CC21CC1. The van der Waals surface area contributed by atoms with Crippen molar-refractivity contribution in [1.29, 1.82) is 0 Å². The van der Waals surface area contributed by atoms with Gasteiger partial charge in [0.25, 0.3) is 0 Å². The highest BCUT2D eigenvalue weighted by Crippen LogP contribution is 2.57. The number of aromatic nitrogens is 4. The lowest BCUT2D eigenvalue weighted by atomic mass is 9.95. The molecule has 0 radical (unpaired) electrons. The molecule has 1 aliphatic heterocycles. The monoisotopic (exact) mass is 429 g/mol. The largest absolute Gasteiger partial charge is 0.396 e. The molecule has 1 aliphatic carbocycles. The van der Waals surface area contributed by atoms with Gasteiger partial charge in [-0.15, -0.1) is 0 Å². The molecule has 5 rings (SSSR count). The van der Waals surface area contributed by atoms with Gasteiger partial charge in [0.2, 0.25) is 5.95 Å². The minimum absolute atomic E-state index is 0.0857. The van der Waals surface area contributed by atoms with Crippen LogP contribution in [0.3, 0.4) is 0 Å². The summed E-state index contributed by atoms with van der Waals surface area (Å²) in [5.41, 5.74) is 5.90. The smallest absolute Gasteiger partial charge is 0.229 e. The van der Waals surface area contributed by atoms with E-state index in [4.69, 9.17) is 5.11 Å². The fraction of sp³-hybridized carbons (Fsp3) is 0.360. The lowest BCUT2D eigenvalue weighted by molar-refractivity contribution is 0.0993. The molecule has 1 spiro atoms. The van der Waals surface area contributed by atoms with Gasteiger partial charge in [0, 0.05) is 67.4 Å². The summed E-state index contributed by atoms with van der Waals surface area (Å²) in [5.74, 6) is 0.737. The summed E-state index contributed by atoms with van der Waals surface area (Å²) in [5, 5.41) is 9.00. The molecule has 2 aromatic heterocycles. The van der Waals surface area contributed by atoms with E-state index in [1.54, 1.807) is 6.33 Å². The number of carbonyl (C=O) groups is 1. The van der Waals surface area contributed by atoms with Crippen molar-refractivity contribution < 1.29 is 9.90 Å². The molecule has 0 bridgehead atoms. The summed E-state index contributed by atoms with van der Waals surface area (Å²) in [6.07, 6.45) is 12.5. The zero-order valence-corrected chi connectivity index (χ0v) is 18.5. The Balaban J connectivity index is 1.43. The first-order chi connectivity index (χ1) is 15.5. The number of anilines is 2. The summed E-state index contributed by atoms with van der Waals surface area (Å²) >= 11 is 0. The molecule has 0 saturated heterocycles. The van der Waals surface area contributed by atoms with Crippen LogP contribution in [0.2, 0.25) is 0 Å². The Morgan fingerprint density at radius 3 is 2.66 bits per heavy atom. The minimum atomic E-state index is 0.0857. The first kappa shape index (κ1) is 20.6. The molecule has 3 aromatic rings. The van der Waals surface area contributed by atoms with Crippen LogP contribution in [0, 0.1) is 0 Å². The summed E-state index contributed by atoms with van der Waals surface area (Å²) < 4.78 is 1.90. The van der Waals surface area contributed by atoms with E-state index < -0.39 is 0 Å². The topological polar surface area (TPSA) is 84.1 Å². The normalized spacial score (nSPS) is 16.5. The number of hydrogen-bond donors (Lipinski definition) is 1. The predicted molar refractivity (Wildman–Crippen MR) is 123 cm³/mol. The second kappa shape index (κ2) is 7.98. The zero-order valence-electron chi connectivity index (χ0n) is 18.5. The number of rotatable bonds is 7. The fourth-order valence-electron chi connectivity index (χ4n) is 4.50. The Morgan fingerprint density at radius 2 is 2.00 bits per heavy atom. The van der Waals surface area contributed by atoms with Crippen LogP contribution in [-0.2, 0) is 12.5 Å². The van der Waals surface area contributed by atoms with Crippen molar-refractivity contribution in [2.75, 3.05) is 18.1 Å². The number of aliphatic hydroxyl groups is 1. The van der Waals surface area contributed by atoms with Crippen molar-refractivity contribution in [3.8, 4) is 11.3 Å². The molecule has 1 fully saturated rings. The van der Waals surface area contributed by atoms with Gasteiger partial charge in [-0.05, 0) is 37.8 Å². The molecule has 7 heteroatoms. The van der Waals surface area contributed by atoms with Gasteiger partial charge in [-0.1, -0.05) is 23.8 Å². The van der Waals surface area contributed by atoms with Gasteiger partial charge in [0.15, 0.2) is 5.78 Å². The van der Waals surface area contributed by atoms with Gasteiger partial charge in [0.1, 0.15) is 0 Å². The quantitative estimate of drug-likeness (QED) is 0.452. The summed E-state index contributed by atoms with van der Waals surface area (Å²) in [6, 6.07) is 6.07. The van der Waals surface area contributed by atoms with Crippen molar-refractivity contribution in [1.82, 2.24) is 19.5 Å². The maximum atomic E-state index is 12.9. The van der Waals surface area contributed by atoms with Crippen molar-refractivity contribution in [2.45, 2.75) is 38.0 Å². The Bertz CT molecular complexity index is 1190. The summed E-state index contributed by atoms with van der Waals surface area (Å²) in [7, 11) is 1.94. The van der Waals surface area contributed by atoms with E-state index in [9.17, 15) is 4.79 Å². The van der Waals surface area contributed by atoms with E-state index in [-0.39, 0.29) is 17.8 Å². The number of aliphatic hydroxyl groups excluding tert-OH is 1. The molecule has 164 valence electrons. The number of benzene rings is 1. The van der Waals surface area contributed by atoms with Gasteiger partial charge < -0.3 is 14.6 Å². The van der Waals surface area contributed by atoms with Crippen LogP contribution in [0.1, 0.15) is 48.5 Å². The molecule has 0 amide bonds. The molecule has 1 aromatic carbocycles. The van der Waals surface area contributed by atoms with Crippen LogP contribution in [0.4, 0.5) is 11.6 Å². The van der Waals surface area contributed by atoms with Crippen molar-refractivity contribution in [3.05, 3.63) is 65.9 Å². The Labute approximate surface area is 187 Å². The van der Waals surface area contributed by atoms with Crippen LogP contribution in [-0.4, -0.2) is 43.6 Å². The second-order valence-corrected chi connectivity index (χ2v) is 8.96. The molecule has 2 aliphatic rings. The summed E-state index contributed by atoms with van der Waals surface area (Å²) in [6.45, 7) is 2.88. The number of fused-ring (bicyclic) bond motifs is 2. The third kappa shape index (κ3) is 3.73. The van der Waals surface area contributed by atoms with Crippen LogP contribution in [0.5, 0.6) is 0 Å². The second-order valence-electron chi connectivity index (χ2n) is 8.96. The highest BCUT2D eigenvalue weighted by atomic mass is 16.2.